The summed E-state index contributed by atoms with van der Waals surface area (Å²) < 4.78 is 11.5. The van der Waals surface area contributed by atoms with Crippen molar-refractivity contribution in [3.8, 4) is 0 Å². The Balaban J connectivity index is 1.67. The van der Waals surface area contributed by atoms with Gasteiger partial charge in [0.1, 0.15) is 11.0 Å². The maximum atomic E-state index is 13.3. The first kappa shape index (κ1) is 16.6. The van der Waals surface area contributed by atoms with Gasteiger partial charge in [-0.05, 0) is 39.7 Å². The average molecular weight is 343 g/mol. The molecule has 3 fully saturated rings. The van der Waals surface area contributed by atoms with E-state index in [4.69, 9.17) is 9.47 Å². The highest BCUT2D eigenvalue weighted by atomic mass is 16.6. The van der Waals surface area contributed by atoms with E-state index in [1.165, 1.54) is 0 Å². The van der Waals surface area contributed by atoms with Crippen molar-refractivity contribution in [2.75, 3.05) is 13.2 Å². The second-order valence-corrected chi connectivity index (χ2v) is 8.58. The average Bonchev–Trinajstić information content (AvgIpc) is 3.12. The SMILES string of the molecule is C[C@H](c1ccccc1)N1CC2(C(=O)OC(C)(C)C)CO[C@H]3CC32C1=O. The quantitative estimate of drug-likeness (QED) is 0.792. The molecule has 0 aromatic heterocycles. The van der Waals surface area contributed by atoms with E-state index >= 15 is 0 Å². The molecule has 134 valence electrons. The molecule has 0 radical (unpaired) electrons. The molecule has 2 unspecified atom stereocenters. The second-order valence-electron chi connectivity index (χ2n) is 8.58. The number of ether oxygens (including phenoxy) is 2. The van der Waals surface area contributed by atoms with Crippen LogP contribution >= 0.6 is 0 Å². The molecule has 2 saturated heterocycles. The highest BCUT2D eigenvalue weighted by molar-refractivity contribution is 5.99. The number of hydrogen-bond donors (Lipinski definition) is 0. The molecule has 1 amide bonds. The normalized spacial score (nSPS) is 34.5. The van der Waals surface area contributed by atoms with Crippen LogP contribution in [-0.2, 0) is 19.1 Å². The van der Waals surface area contributed by atoms with Crippen LogP contribution in [0.4, 0.5) is 0 Å². The largest absolute Gasteiger partial charge is 0.459 e. The number of carbonyl (C=O) groups is 2. The minimum absolute atomic E-state index is 0.0391. The Morgan fingerprint density at radius 1 is 1.32 bits per heavy atom. The number of rotatable bonds is 3. The van der Waals surface area contributed by atoms with Gasteiger partial charge in [-0.3, -0.25) is 9.59 Å². The third kappa shape index (κ3) is 2.18. The molecule has 3 aliphatic rings. The van der Waals surface area contributed by atoms with Crippen molar-refractivity contribution in [3.63, 3.8) is 0 Å². The third-order valence-corrected chi connectivity index (χ3v) is 5.90. The van der Waals surface area contributed by atoms with E-state index in [-0.39, 0.29) is 30.6 Å². The number of benzene rings is 1. The molecule has 5 heteroatoms. The third-order valence-electron chi connectivity index (χ3n) is 5.90. The molecule has 4 atom stereocenters. The summed E-state index contributed by atoms with van der Waals surface area (Å²) in [6, 6.07) is 9.86. The second kappa shape index (κ2) is 5.07. The summed E-state index contributed by atoms with van der Waals surface area (Å²) in [5.41, 5.74) is -1.09. The fourth-order valence-electron chi connectivity index (χ4n) is 4.45. The Morgan fingerprint density at radius 3 is 2.60 bits per heavy atom. The first-order valence-electron chi connectivity index (χ1n) is 8.92. The zero-order valence-electron chi connectivity index (χ0n) is 15.2. The van der Waals surface area contributed by atoms with Crippen LogP contribution in [0.3, 0.4) is 0 Å². The number of amides is 1. The minimum Gasteiger partial charge on any atom is -0.459 e. The van der Waals surface area contributed by atoms with E-state index in [9.17, 15) is 9.59 Å². The summed E-state index contributed by atoms with van der Waals surface area (Å²) in [5.74, 6) is -0.256. The first-order valence-corrected chi connectivity index (χ1v) is 8.92. The topological polar surface area (TPSA) is 55.8 Å². The molecule has 1 aromatic carbocycles. The summed E-state index contributed by atoms with van der Waals surface area (Å²) in [5, 5.41) is 0. The molecule has 25 heavy (non-hydrogen) atoms. The monoisotopic (exact) mass is 343 g/mol. The molecule has 5 nitrogen and oxygen atoms in total. The summed E-state index contributed by atoms with van der Waals surface area (Å²) >= 11 is 0. The van der Waals surface area contributed by atoms with Gasteiger partial charge in [0, 0.05) is 6.54 Å². The molecule has 4 rings (SSSR count). The van der Waals surface area contributed by atoms with Gasteiger partial charge in [-0.25, -0.2) is 0 Å². The Kier molecular flexibility index (Phi) is 3.36. The van der Waals surface area contributed by atoms with Gasteiger partial charge in [0.2, 0.25) is 5.91 Å². The van der Waals surface area contributed by atoms with Crippen molar-refractivity contribution in [2.24, 2.45) is 10.8 Å². The predicted octanol–water partition coefficient (Wildman–Crippen LogP) is 2.71. The van der Waals surface area contributed by atoms with Gasteiger partial charge in [-0.1, -0.05) is 30.3 Å². The van der Waals surface area contributed by atoms with Crippen LogP contribution in [0, 0.1) is 10.8 Å². The minimum atomic E-state index is -0.870. The Morgan fingerprint density at radius 2 is 2.00 bits per heavy atom. The zero-order chi connectivity index (χ0) is 18.0. The standard InChI is InChI=1S/C20H25NO4/c1-13(14-8-6-5-7-9-14)21-11-19(17(23)25-18(2,3)4)12-24-15-10-20(15,19)16(21)22/h5-9,13,15H,10-12H2,1-4H3/t13-,15+,19?,20?/m1/s1. The van der Waals surface area contributed by atoms with Crippen molar-refractivity contribution < 1.29 is 19.1 Å². The van der Waals surface area contributed by atoms with Gasteiger partial charge in [-0.2, -0.15) is 0 Å². The van der Waals surface area contributed by atoms with Crippen molar-refractivity contribution in [3.05, 3.63) is 35.9 Å². The summed E-state index contributed by atoms with van der Waals surface area (Å²) in [6.07, 6.45) is 0.490. The summed E-state index contributed by atoms with van der Waals surface area (Å²) in [4.78, 5) is 28.2. The van der Waals surface area contributed by atoms with E-state index < -0.39 is 16.4 Å². The van der Waals surface area contributed by atoms with E-state index in [2.05, 4.69) is 0 Å². The Labute approximate surface area is 148 Å². The lowest BCUT2D eigenvalue weighted by atomic mass is 9.76. The van der Waals surface area contributed by atoms with Crippen molar-refractivity contribution >= 4 is 11.9 Å². The Hall–Kier alpha value is -1.88. The predicted molar refractivity (Wildman–Crippen MR) is 91.6 cm³/mol. The highest BCUT2D eigenvalue weighted by Crippen LogP contribution is 2.70. The van der Waals surface area contributed by atoms with Crippen LogP contribution in [0.1, 0.15) is 45.7 Å². The van der Waals surface area contributed by atoms with Gasteiger partial charge in [0.25, 0.3) is 0 Å². The van der Waals surface area contributed by atoms with Gasteiger partial charge >= 0.3 is 5.97 Å². The van der Waals surface area contributed by atoms with Crippen LogP contribution < -0.4 is 0 Å². The van der Waals surface area contributed by atoms with E-state index in [0.29, 0.717) is 13.0 Å². The lowest BCUT2D eigenvalue weighted by Gasteiger charge is -2.31. The number of likely N-dealkylation sites (tertiary alicyclic amines) is 1. The molecule has 1 aliphatic carbocycles. The van der Waals surface area contributed by atoms with Crippen LogP contribution in [0.25, 0.3) is 0 Å². The first-order chi connectivity index (χ1) is 11.7. The molecule has 1 spiro atoms. The van der Waals surface area contributed by atoms with Crippen LogP contribution in [0.15, 0.2) is 30.3 Å². The maximum absolute atomic E-state index is 13.3. The molecule has 2 heterocycles. The number of hydrogen-bond acceptors (Lipinski definition) is 4. The molecule has 1 aromatic rings. The lowest BCUT2D eigenvalue weighted by molar-refractivity contribution is -0.171. The smallest absolute Gasteiger partial charge is 0.317 e. The Bertz CT molecular complexity index is 725. The number of nitrogens with zero attached hydrogens (tertiary/aromatic N) is 1. The molecule has 0 N–H and O–H groups in total. The molecule has 1 saturated carbocycles. The zero-order valence-corrected chi connectivity index (χ0v) is 15.2. The van der Waals surface area contributed by atoms with Crippen molar-refractivity contribution in [1.82, 2.24) is 4.90 Å². The van der Waals surface area contributed by atoms with Crippen molar-refractivity contribution in [2.45, 2.75) is 51.9 Å². The summed E-state index contributed by atoms with van der Waals surface area (Å²) in [6.45, 7) is 8.23. The van der Waals surface area contributed by atoms with Crippen LogP contribution in [0.2, 0.25) is 0 Å². The van der Waals surface area contributed by atoms with E-state index in [0.717, 1.165) is 5.56 Å². The van der Waals surface area contributed by atoms with Crippen molar-refractivity contribution in [1.29, 1.82) is 0 Å². The van der Waals surface area contributed by atoms with Crippen LogP contribution in [-0.4, -0.2) is 41.6 Å². The molecular formula is C20H25NO4. The molecular weight excluding hydrogens is 318 g/mol. The van der Waals surface area contributed by atoms with Gasteiger partial charge in [-0.15, -0.1) is 0 Å². The number of esters is 1. The lowest BCUT2D eigenvalue weighted by Crippen LogP contribution is -2.45. The van der Waals surface area contributed by atoms with Gasteiger partial charge < -0.3 is 14.4 Å². The molecule has 0 bridgehead atoms. The van der Waals surface area contributed by atoms with Gasteiger partial charge in [0.05, 0.1) is 24.2 Å². The van der Waals surface area contributed by atoms with E-state index in [1.807, 2.05) is 62.9 Å². The highest BCUT2D eigenvalue weighted by Gasteiger charge is 2.84. The molecule has 2 aliphatic heterocycles. The van der Waals surface area contributed by atoms with Gasteiger partial charge in [0.15, 0.2) is 0 Å². The number of carbonyl (C=O) groups excluding carboxylic acids is 2. The fraction of sp³-hybridized carbons (Fsp3) is 0.600. The van der Waals surface area contributed by atoms with E-state index in [1.54, 1.807) is 0 Å². The summed E-state index contributed by atoms with van der Waals surface area (Å²) in [7, 11) is 0. The van der Waals surface area contributed by atoms with Crippen LogP contribution in [0.5, 0.6) is 0 Å². The maximum Gasteiger partial charge on any atom is 0.317 e. The fourth-order valence-corrected chi connectivity index (χ4v) is 4.45.